The number of urea groups is 1. The molecule has 1 unspecified atom stereocenters. The highest BCUT2D eigenvalue weighted by Gasteiger charge is 2.48. The lowest BCUT2D eigenvalue weighted by molar-refractivity contribution is -0.137. The summed E-state index contributed by atoms with van der Waals surface area (Å²) >= 11 is 6.09. The van der Waals surface area contributed by atoms with Crippen LogP contribution in [0.15, 0.2) is 93.3 Å². The molecule has 3 aromatic rings. The minimum Gasteiger partial charge on any atom is -0.278 e. The van der Waals surface area contributed by atoms with E-state index in [1.807, 2.05) is 35.6 Å². The van der Waals surface area contributed by atoms with Gasteiger partial charge in [-0.2, -0.15) is 26.7 Å². The standard InChI is InChI=1S/C28H25ClF3N5O4S/c1-17(38)33-26(39)34-25(36-42(40,41)22-15-11-20(12-16-22)28(30,31)32)37-27(2,3)23(18-7-5-4-6-8-18)24(35-37)19-9-13-21(29)14-10-19/h4-16,23H,1-3H3,(H2,33,34,36,38,39). The highest BCUT2D eigenvalue weighted by atomic mass is 35.5. The van der Waals surface area contributed by atoms with Gasteiger partial charge in [0.15, 0.2) is 0 Å². The van der Waals surface area contributed by atoms with Gasteiger partial charge >= 0.3 is 12.2 Å². The second kappa shape index (κ2) is 11.6. The molecule has 1 heterocycles. The van der Waals surface area contributed by atoms with Crippen LogP contribution in [0.4, 0.5) is 18.0 Å². The first-order valence-electron chi connectivity index (χ1n) is 12.4. The predicted octanol–water partition coefficient (Wildman–Crippen LogP) is 5.53. The van der Waals surface area contributed by atoms with E-state index in [1.165, 1.54) is 5.01 Å². The van der Waals surface area contributed by atoms with E-state index in [9.17, 15) is 31.2 Å². The van der Waals surface area contributed by atoms with Crippen molar-refractivity contribution in [2.24, 2.45) is 9.50 Å². The number of amides is 3. The summed E-state index contributed by atoms with van der Waals surface area (Å²) in [6, 6.07) is 17.7. The van der Waals surface area contributed by atoms with Crippen LogP contribution in [-0.2, 0) is 21.0 Å². The third kappa shape index (κ3) is 6.63. The van der Waals surface area contributed by atoms with Gasteiger partial charge in [0.2, 0.25) is 11.9 Å². The molecule has 14 heteroatoms. The molecule has 0 saturated heterocycles. The summed E-state index contributed by atoms with van der Waals surface area (Å²) in [6.07, 6.45) is -4.68. The summed E-state index contributed by atoms with van der Waals surface area (Å²) in [5.41, 5.74) is -0.155. The topological polar surface area (TPSA) is 120 Å². The van der Waals surface area contributed by atoms with Crippen LogP contribution in [0.5, 0.6) is 0 Å². The number of hydrazone groups is 1. The number of halogens is 4. The van der Waals surface area contributed by atoms with Crippen molar-refractivity contribution in [2.45, 2.75) is 43.3 Å². The number of carbonyl (C=O) groups excluding carboxylic acids is 2. The van der Waals surface area contributed by atoms with Gasteiger partial charge in [-0.1, -0.05) is 54.1 Å². The maximum Gasteiger partial charge on any atom is 0.416 e. The number of sulfonamides is 1. The molecule has 4 rings (SSSR count). The van der Waals surface area contributed by atoms with Crippen LogP contribution in [0.2, 0.25) is 5.02 Å². The predicted molar refractivity (Wildman–Crippen MR) is 152 cm³/mol. The molecule has 2 N–H and O–H groups in total. The van der Waals surface area contributed by atoms with Crippen molar-refractivity contribution in [3.8, 4) is 0 Å². The van der Waals surface area contributed by atoms with Gasteiger partial charge in [-0.15, -0.1) is 4.40 Å². The monoisotopic (exact) mass is 619 g/mol. The molecule has 0 aliphatic carbocycles. The van der Waals surface area contributed by atoms with Crippen molar-refractivity contribution in [3.63, 3.8) is 0 Å². The van der Waals surface area contributed by atoms with E-state index in [1.54, 1.807) is 38.1 Å². The molecule has 1 aliphatic heterocycles. The molecule has 3 amide bonds. The van der Waals surface area contributed by atoms with E-state index >= 15 is 0 Å². The van der Waals surface area contributed by atoms with Gasteiger partial charge < -0.3 is 0 Å². The van der Waals surface area contributed by atoms with Crippen LogP contribution in [-0.4, -0.2) is 42.6 Å². The number of alkyl halides is 3. The van der Waals surface area contributed by atoms with Crippen LogP contribution in [0, 0.1) is 0 Å². The van der Waals surface area contributed by atoms with Gasteiger partial charge in [-0.05, 0) is 61.4 Å². The number of carbonyl (C=O) groups is 2. The summed E-state index contributed by atoms with van der Waals surface area (Å²) in [6.45, 7) is 4.58. The maximum atomic E-state index is 13.3. The Bertz CT molecular complexity index is 1660. The Labute approximate surface area is 245 Å². The average Bonchev–Trinajstić information content (AvgIpc) is 3.19. The van der Waals surface area contributed by atoms with E-state index in [-0.39, 0.29) is 0 Å². The Kier molecular flexibility index (Phi) is 8.46. The number of imide groups is 1. The zero-order chi connectivity index (χ0) is 30.9. The number of rotatable bonds is 4. The molecule has 0 radical (unpaired) electrons. The van der Waals surface area contributed by atoms with Crippen LogP contribution in [0.1, 0.15) is 43.4 Å². The minimum absolute atomic E-state index is 0.484. The Hall–Kier alpha value is -4.23. The van der Waals surface area contributed by atoms with Crippen molar-refractivity contribution < 1.29 is 31.2 Å². The number of nitrogens with one attached hydrogen (secondary N) is 2. The largest absolute Gasteiger partial charge is 0.416 e. The van der Waals surface area contributed by atoms with Gasteiger partial charge in [0.1, 0.15) is 0 Å². The van der Waals surface area contributed by atoms with Gasteiger partial charge in [-0.25, -0.2) is 9.80 Å². The SMILES string of the molecule is CC(=O)NC(=O)NC(=NS(=O)(=O)c1ccc(C(F)(F)F)cc1)N1N=C(c2ccc(Cl)cc2)C(c2ccccc2)C1(C)C. The molecule has 220 valence electrons. The molecule has 0 bridgehead atoms. The first-order valence-corrected chi connectivity index (χ1v) is 14.2. The lowest BCUT2D eigenvalue weighted by Gasteiger charge is -2.36. The third-order valence-corrected chi connectivity index (χ3v) is 7.94. The minimum atomic E-state index is -4.69. The zero-order valence-corrected chi connectivity index (χ0v) is 24.1. The van der Waals surface area contributed by atoms with Gasteiger partial charge in [0.25, 0.3) is 10.0 Å². The quantitative estimate of drug-likeness (QED) is 0.294. The van der Waals surface area contributed by atoms with Crippen molar-refractivity contribution in [2.75, 3.05) is 0 Å². The van der Waals surface area contributed by atoms with E-state index < -0.39 is 56.0 Å². The van der Waals surface area contributed by atoms with Crippen molar-refractivity contribution in [1.29, 1.82) is 0 Å². The lowest BCUT2D eigenvalue weighted by atomic mass is 9.77. The molecule has 0 spiro atoms. The summed E-state index contributed by atoms with van der Waals surface area (Å²) in [7, 11) is -4.69. The number of hydrogen-bond donors (Lipinski definition) is 2. The van der Waals surface area contributed by atoms with Gasteiger partial charge in [0.05, 0.1) is 27.6 Å². The first-order chi connectivity index (χ1) is 19.6. The molecule has 9 nitrogen and oxygen atoms in total. The highest BCUT2D eigenvalue weighted by molar-refractivity contribution is 7.90. The lowest BCUT2D eigenvalue weighted by Crippen LogP contribution is -2.53. The summed E-state index contributed by atoms with van der Waals surface area (Å²) in [5.74, 6) is -1.80. The molecule has 0 fully saturated rings. The third-order valence-electron chi connectivity index (χ3n) is 6.41. The molecular weight excluding hydrogens is 595 g/mol. The molecule has 1 aliphatic rings. The Morgan fingerprint density at radius 3 is 2.10 bits per heavy atom. The van der Waals surface area contributed by atoms with E-state index in [4.69, 9.17) is 16.7 Å². The van der Waals surface area contributed by atoms with Crippen molar-refractivity contribution in [1.82, 2.24) is 15.6 Å². The van der Waals surface area contributed by atoms with Crippen LogP contribution >= 0.6 is 11.6 Å². The Morgan fingerprint density at radius 2 is 1.55 bits per heavy atom. The van der Waals surface area contributed by atoms with Crippen LogP contribution < -0.4 is 10.6 Å². The number of guanidine groups is 1. The molecule has 1 atom stereocenters. The Morgan fingerprint density at radius 1 is 0.952 bits per heavy atom. The fraction of sp³-hybridized carbons (Fsp3) is 0.214. The zero-order valence-electron chi connectivity index (χ0n) is 22.5. The second-order valence-electron chi connectivity index (χ2n) is 9.85. The van der Waals surface area contributed by atoms with Crippen molar-refractivity contribution in [3.05, 3.63) is 101 Å². The maximum absolute atomic E-state index is 13.3. The fourth-order valence-corrected chi connectivity index (χ4v) is 5.58. The summed E-state index contributed by atoms with van der Waals surface area (Å²) in [4.78, 5) is 23.6. The van der Waals surface area contributed by atoms with Crippen molar-refractivity contribution >= 4 is 45.2 Å². The molecule has 0 saturated carbocycles. The van der Waals surface area contributed by atoms with Gasteiger partial charge in [0, 0.05) is 11.9 Å². The molecule has 0 aromatic heterocycles. The fourth-order valence-electron chi connectivity index (χ4n) is 4.52. The average molecular weight is 620 g/mol. The molecule has 3 aromatic carbocycles. The molecular formula is C28H25ClF3N5O4S. The smallest absolute Gasteiger partial charge is 0.278 e. The number of hydrogen-bond acceptors (Lipinski definition) is 5. The van der Waals surface area contributed by atoms with Gasteiger partial charge in [-0.3, -0.25) is 15.4 Å². The second-order valence-corrected chi connectivity index (χ2v) is 11.9. The van der Waals surface area contributed by atoms with E-state index in [2.05, 4.69) is 9.71 Å². The highest BCUT2D eigenvalue weighted by Crippen LogP contribution is 2.42. The number of benzene rings is 3. The van der Waals surface area contributed by atoms with E-state index in [0.717, 1.165) is 24.6 Å². The van der Waals surface area contributed by atoms with Crippen LogP contribution in [0.3, 0.4) is 0 Å². The normalized spacial score (nSPS) is 17.0. The number of nitrogens with zero attached hydrogens (tertiary/aromatic N) is 3. The summed E-state index contributed by atoms with van der Waals surface area (Å²) < 4.78 is 69.6. The summed E-state index contributed by atoms with van der Waals surface area (Å²) in [5, 5.41) is 10.6. The Balaban J connectivity index is 1.88. The first kappa shape index (κ1) is 30.7. The van der Waals surface area contributed by atoms with E-state index in [0.29, 0.717) is 28.4 Å². The van der Waals surface area contributed by atoms with Crippen LogP contribution in [0.25, 0.3) is 0 Å². The molecule has 42 heavy (non-hydrogen) atoms.